The van der Waals surface area contributed by atoms with Crippen molar-refractivity contribution in [3.8, 4) is 0 Å². The van der Waals surface area contributed by atoms with E-state index in [9.17, 15) is 0 Å². The molecule has 0 aromatic carbocycles. The summed E-state index contributed by atoms with van der Waals surface area (Å²) in [7, 11) is 0. The molecule has 0 amide bonds. The second kappa shape index (κ2) is 10.5. The Morgan fingerprint density at radius 1 is 0.810 bits per heavy atom. The van der Waals surface area contributed by atoms with Crippen LogP contribution in [-0.4, -0.2) is 64.4 Å². The van der Waals surface area contributed by atoms with E-state index in [4.69, 9.17) is 18.9 Å². The Balaban J connectivity index is 1.30. The quantitative estimate of drug-likeness (QED) is 0.589. The highest BCUT2D eigenvalue weighted by Crippen LogP contribution is 2.26. The number of nitrogens with one attached hydrogen (secondary N) is 1. The first kappa shape index (κ1) is 17.2. The second-order valence-corrected chi connectivity index (χ2v) is 5.83. The van der Waals surface area contributed by atoms with Gasteiger partial charge in [-0.2, -0.15) is 0 Å². The van der Waals surface area contributed by atoms with Crippen molar-refractivity contribution in [1.29, 1.82) is 0 Å². The lowest BCUT2D eigenvalue weighted by molar-refractivity contribution is -0.101. The van der Waals surface area contributed by atoms with Crippen LogP contribution < -0.4 is 5.32 Å². The van der Waals surface area contributed by atoms with E-state index in [1.807, 2.05) is 6.92 Å². The molecule has 2 aliphatic rings. The largest absolute Gasteiger partial charge is 0.379 e. The molecule has 1 heterocycles. The lowest BCUT2D eigenvalue weighted by atomic mass is 9.92. The summed E-state index contributed by atoms with van der Waals surface area (Å²) in [6.45, 7) is 7.97. The van der Waals surface area contributed by atoms with Crippen molar-refractivity contribution in [2.45, 2.75) is 57.3 Å². The van der Waals surface area contributed by atoms with Crippen molar-refractivity contribution in [3.63, 3.8) is 0 Å². The van der Waals surface area contributed by atoms with Gasteiger partial charge in [0.05, 0.1) is 31.5 Å². The van der Waals surface area contributed by atoms with Gasteiger partial charge in [-0.1, -0.05) is 0 Å². The first-order chi connectivity index (χ1) is 10.4. The highest BCUT2D eigenvalue weighted by atomic mass is 16.5. The Morgan fingerprint density at radius 2 is 1.52 bits per heavy atom. The van der Waals surface area contributed by atoms with Gasteiger partial charge in [0, 0.05) is 19.8 Å². The molecule has 124 valence electrons. The monoisotopic (exact) mass is 301 g/mol. The van der Waals surface area contributed by atoms with Gasteiger partial charge in [0.15, 0.2) is 0 Å². The molecule has 0 spiro atoms. The maximum atomic E-state index is 5.78. The lowest BCUT2D eigenvalue weighted by Crippen LogP contribution is -2.37. The fourth-order valence-corrected chi connectivity index (χ4v) is 2.77. The second-order valence-electron chi connectivity index (χ2n) is 5.83. The molecule has 2 fully saturated rings. The van der Waals surface area contributed by atoms with Gasteiger partial charge in [-0.15, -0.1) is 0 Å². The molecule has 5 nitrogen and oxygen atoms in total. The lowest BCUT2D eigenvalue weighted by Gasteiger charge is -2.34. The molecule has 5 heteroatoms. The van der Waals surface area contributed by atoms with E-state index in [0.29, 0.717) is 31.5 Å². The van der Waals surface area contributed by atoms with Gasteiger partial charge >= 0.3 is 0 Å². The molecule has 1 aliphatic carbocycles. The molecule has 0 aromatic rings. The van der Waals surface area contributed by atoms with Crippen LogP contribution in [0.15, 0.2) is 0 Å². The van der Waals surface area contributed by atoms with Crippen LogP contribution in [0.4, 0.5) is 0 Å². The number of hydrogen-bond donors (Lipinski definition) is 1. The molecule has 0 aromatic heterocycles. The van der Waals surface area contributed by atoms with E-state index in [0.717, 1.165) is 65.0 Å². The number of piperidine rings is 1. The van der Waals surface area contributed by atoms with Crippen LogP contribution in [-0.2, 0) is 18.9 Å². The predicted octanol–water partition coefficient (Wildman–Crippen LogP) is 1.75. The SMILES string of the molecule is CCO[C@H]1C[C@H](OCCCOCCOC2CCNCC2)C1. The van der Waals surface area contributed by atoms with Crippen molar-refractivity contribution >= 4 is 0 Å². The summed E-state index contributed by atoms with van der Waals surface area (Å²) in [6, 6.07) is 0. The molecule has 21 heavy (non-hydrogen) atoms. The van der Waals surface area contributed by atoms with Crippen LogP contribution in [0.2, 0.25) is 0 Å². The molecule has 1 saturated carbocycles. The van der Waals surface area contributed by atoms with Crippen LogP contribution in [0.5, 0.6) is 0 Å². The normalized spacial score (nSPS) is 26.7. The summed E-state index contributed by atoms with van der Waals surface area (Å²) in [5, 5.41) is 3.33. The standard InChI is InChI=1S/C16H31NO4/c1-2-19-15-12-16(13-15)20-9-3-8-18-10-11-21-14-4-6-17-7-5-14/h14-17H,2-13H2,1H3/t15-,16-. The summed E-state index contributed by atoms with van der Waals surface area (Å²) >= 11 is 0. The summed E-state index contributed by atoms with van der Waals surface area (Å²) in [5.41, 5.74) is 0. The van der Waals surface area contributed by atoms with Crippen LogP contribution in [0.1, 0.15) is 39.0 Å². The Kier molecular flexibility index (Phi) is 8.59. The van der Waals surface area contributed by atoms with E-state index < -0.39 is 0 Å². The van der Waals surface area contributed by atoms with Gasteiger partial charge in [-0.05, 0) is 52.1 Å². The third-order valence-corrected chi connectivity index (χ3v) is 4.11. The molecule has 0 bridgehead atoms. The molecule has 1 saturated heterocycles. The molecule has 1 aliphatic heterocycles. The van der Waals surface area contributed by atoms with Crippen molar-refractivity contribution in [1.82, 2.24) is 5.32 Å². The van der Waals surface area contributed by atoms with Crippen LogP contribution in [0, 0.1) is 0 Å². The highest BCUT2D eigenvalue weighted by Gasteiger charge is 2.29. The van der Waals surface area contributed by atoms with Gasteiger partial charge in [-0.3, -0.25) is 0 Å². The average Bonchev–Trinajstić information content (AvgIpc) is 2.48. The van der Waals surface area contributed by atoms with Gasteiger partial charge in [0.1, 0.15) is 0 Å². The molecular weight excluding hydrogens is 270 g/mol. The Hall–Kier alpha value is -0.200. The molecular formula is C16H31NO4. The third-order valence-electron chi connectivity index (χ3n) is 4.11. The maximum absolute atomic E-state index is 5.78. The summed E-state index contributed by atoms with van der Waals surface area (Å²) < 4.78 is 22.6. The first-order valence-corrected chi connectivity index (χ1v) is 8.51. The summed E-state index contributed by atoms with van der Waals surface area (Å²) in [4.78, 5) is 0. The van der Waals surface area contributed by atoms with E-state index in [1.165, 1.54) is 0 Å². The topological polar surface area (TPSA) is 49.0 Å². The molecule has 2 rings (SSSR count). The molecule has 0 atom stereocenters. The maximum Gasteiger partial charge on any atom is 0.0704 e. The average molecular weight is 301 g/mol. The van der Waals surface area contributed by atoms with Crippen LogP contribution in [0.3, 0.4) is 0 Å². The van der Waals surface area contributed by atoms with Crippen LogP contribution in [0.25, 0.3) is 0 Å². The van der Waals surface area contributed by atoms with Crippen molar-refractivity contribution in [2.75, 3.05) is 46.1 Å². The minimum atomic E-state index is 0.407. The number of rotatable bonds is 11. The predicted molar refractivity (Wildman–Crippen MR) is 81.7 cm³/mol. The van der Waals surface area contributed by atoms with Gasteiger partial charge in [0.2, 0.25) is 0 Å². The Morgan fingerprint density at radius 3 is 2.29 bits per heavy atom. The zero-order chi connectivity index (χ0) is 14.8. The fourth-order valence-electron chi connectivity index (χ4n) is 2.77. The molecule has 0 radical (unpaired) electrons. The van der Waals surface area contributed by atoms with E-state index in [1.54, 1.807) is 0 Å². The third kappa shape index (κ3) is 7.06. The highest BCUT2D eigenvalue weighted by molar-refractivity contribution is 4.80. The van der Waals surface area contributed by atoms with Gasteiger partial charge < -0.3 is 24.3 Å². The zero-order valence-corrected chi connectivity index (χ0v) is 13.4. The minimum absolute atomic E-state index is 0.407. The first-order valence-electron chi connectivity index (χ1n) is 8.51. The van der Waals surface area contributed by atoms with E-state index in [-0.39, 0.29) is 0 Å². The summed E-state index contributed by atoms with van der Waals surface area (Å²) in [6.07, 6.45) is 6.58. The Bertz CT molecular complexity index is 253. The number of hydrogen-bond acceptors (Lipinski definition) is 5. The van der Waals surface area contributed by atoms with E-state index >= 15 is 0 Å². The Labute approximate surface area is 128 Å². The van der Waals surface area contributed by atoms with Gasteiger partial charge in [0.25, 0.3) is 0 Å². The molecule has 0 unspecified atom stereocenters. The van der Waals surface area contributed by atoms with Crippen molar-refractivity contribution < 1.29 is 18.9 Å². The van der Waals surface area contributed by atoms with Crippen LogP contribution >= 0.6 is 0 Å². The smallest absolute Gasteiger partial charge is 0.0704 e. The van der Waals surface area contributed by atoms with Gasteiger partial charge in [-0.25, -0.2) is 0 Å². The van der Waals surface area contributed by atoms with Crippen molar-refractivity contribution in [3.05, 3.63) is 0 Å². The molecule has 1 N–H and O–H groups in total. The summed E-state index contributed by atoms with van der Waals surface area (Å²) in [5.74, 6) is 0. The van der Waals surface area contributed by atoms with E-state index in [2.05, 4.69) is 5.32 Å². The minimum Gasteiger partial charge on any atom is -0.379 e. The fraction of sp³-hybridized carbons (Fsp3) is 1.00. The number of ether oxygens (including phenoxy) is 4. The van der Waals surface area contributed by atoms with Crippen molar-refractivity contribution in [2.24, 2.45) is 0 Å². The zero-order valence-electron chi connectivity index (χ0n) is 13.4.